The smallest absolute Gasteiger partial charge is 0.229 e. The molecule has 0 radical (unpaired) electrons. The highest BCUT2D eigenvalue weighted by Gasteiger charge is 2.27. The molecule has 3 heteroatoms. The first-order valence-corrected chi connectivity index (χ1v) is 7.19. The Morgan fingerprint density at radius 3 is 2.32 bits per heavy atom. The second-order valence-electron chi connectivity index (χ2n) is 5.65. The summed E-state index contributed by atoms with van der Waals surface area (Å²) in [5.74, 6) is 0.762. The summed E-state index contributed by atoms with van der Waals surface area (Å²) in [5, 5.41) is 0. The minimum absolute atomic E-state index is 0.0481. The molecule has 0 aromatic heterocycles. The Hall–Kier alpha value is -1.35. The number of hydrogen-bond donors (Lipinski definition) is 1. The first kappa shape index (κ1) is 14.1. The van der Waals surface area contributed by atoms with Crippen molar-refractivity contribution in [2.24, 2.45) is 11.7 Å². The number of nitrogens with two attached hydrogens (primary N) is 1. The van der Waals surface area contributed by atoms with Gasteiger partial charge in [-0.05, 0) is 38.2 Å². The first-order chi connectivity index (χ1) is 9.09. The average Bonchev–Trinajstić information content (AvgIpc) is 2.46. The summed E-state index contributed by atoms with van der Waals surface area (Å²) in [6.07, 6.45) is 2.07. The van der Waals surface area contributed by atoms with E-state index >= 15 is 0 Å². The quantitative estimate of drug-likeness (QED) is 0.907. The van der Waals surface area contributed by atoms with Crippen LogP contribution in [0.3, 0.4) is 0 Å². The van der Waals surface area contributed by atoms with Crippen LogP contribution >= 0.6 is 0 Å². The third-order valence-electron chi connectivity index (χ3n) is 4.26. The van der Waals surface area contributed by atoms with E-state index in [0.29, 0.717) is 5.92 Å². The second-order valence-corrected chi connectivity index (χ2v) is 5.65. The maximum atomic E-state index is 12.5. The lowest BCUT2D eigenvalue weighted by molar-refractivity contribution is -0.133. The topological polar surface area (TPSA) is 46.3 Å². The van der Waals surface area contributed by atoms with Crippen LogP contribution in [0.4, 0.5) is 0 Å². The second kappa shape index (κ2) is 6.20. The predicted molar refractivity (Wildman–Crippen MR) is 77.8 cm³/mol. The standard InChI is InChI=1S/C16H24N2O/c1-12(14-6-4-3-5-7-14)16(19)18-10-8-15(9-11-18)13(2)17/h3-7,12-13,15H,8-11,17H2,1-2H3. The molecule has 3 nitrogen and oxygen atoms in total. The maximum Gasteiger partial charge on any atom is 0.229 e. The summed E-state index contributed by atoms with van der Waals surface area (Å²) in [5.41, 5.74) is 7.04. The fraction of sp³-hybridized carbons (Fsp3) is 0.562. The SMILES string of the molecule is CC(C(=O)N1CCC(C(C)N)CC1)c1ccccc1. The number of hydrogen-bond acceptors (Lipinski definition) is 2. The monoisotopic (exact) mass is 260 g/mol. The summed E-state index contributed by atoms with van der Waals surface area (Å²) in [6.45, 7) is 5.76. The molecule has 1 aliphatic heterocycles. The molecule has 1 saturated heterocycles. The van der Waals surface area contributed by atoms with Gasteiger partial charge in [-0.3, -0.25) is 4.79 Å². The average molecular weight is 260 g/mol. The van der Waals surface area contributed by atoms with Gasteiger partial charge >= 0.3 is 0 Å². The van der Waals surface area contributed by atoms with Crippen molar-refractivity contribution in [1.82, 2.24) is 4.90 Å². The zero-order chi connectivity index (χ0) is 13.8. The molecule has 1 aliphatic rings. The predicted octanol–water partition coefficient (Wildman–Crippen LogP) is 2.38. The summed E-state index contributed by atoms with van der Waals surface area (Å²) in [7, 11) is 0. The Bertz CT molecular complexity index is 408. The van der Waals surface area contributed by atoms with Gasteiger partial charge < -0.3 is 10.6 Å². The largest absolute Gasteiger partial charge is 0.342 e. The third-order valence-corrected chi connectivity index (χ3v) is 4.26. The number of amides is 1. The molecule has 2 N–H and O–H groups in total. The zero-order valence-corrected chi connectivity index (χ0v) is 11.9. The number of carbonyl (C=O) groups excluding carboxylic acids is 1. The molecule has 1 aromatic rings. The van der Waals surface area contributed by atoms with Gasteiger partial charge in [-0.15, -0.1) is 0 Å². The van der Waals surface area contributed by atoms with E-state index in [2.05, 4.69) is 6.92 Å². The van der Waals surface area contributed by atoms with Gasteiger partial charge in [-0.25, -0.2) is 0 Å². The van der Waals surface area contributed by atoms with Gasteiger partial charge in [0.05, 0.1) is 5.92 Å². The van der Waals surface area contributed by atoms with E-state index in [-0.39, 0.29) is 17.9 Å². The Kier molecular flexibility index (Phi) is 4.59. The minimum atomic E-state index is -0.0481. The molecule has 1 heterocycles. The summed E-state index contributed by atoms with van der Waals surface area (Å²) < 4.78 is 0. The van der Waals surface area contributed by atoms with E-state index in [1.54, 1.807) is 0 Å². The van der Waals surface area contributed by atoms with Crippen LogP contribution in [0.2, 0.25) is 0 Å². The van der Waals surface area contributed by atoms with Gasteiger partial charge in [0, 0.05) is 19.1 Å². The van der Waals surface area contributed by atoms with Gasteiger partial charge in [0.25, 0.3) is 0 Å². The van der Waals surface area contributed by atoms with Crippen LogP contribution in [0.1, 0.15) is 38.2 Å². The summed E-state index contributed by atoms with van der Waals surface area (Å²) in [4.78, 5) is 14.5. The zero-order valence-electron chi connectivity index (χ0n) is 11.9. The normalized spacial score (nSPS) is 20.1. The van der Waals surface area contributed by atoms with Crippen LogP contribution in [0, 0.1) is 5.92 Å². The molecular formula is C16H24N2O. The molecule has 0 spiro atoms. The number of piperidine rings is 1. The number of carbonyl (C=O) groups is 1. The number of nitrogens with zero attached hydrogens (tertiary/aromatic N) is 1. The Labute approximate surface area is 115 Å². The van der Waals surface area contributed by atoms with Gasteiger partial charge in [0.1, 0.15) is 0 Å². The van der Waals surface area contributed by atoms with E-state index in [4.69, 9.17) is 5.73 Å². The molecule has 104 valence electrons. The highest BCUT2D eigenvalue weighted by Crippen LogP contribution is 2.24. The van der Waals surface area contributed by atoms with Crippen molar-refractivity contribution < 1.29 is 4.79 Å². The van der Waals surface area contributed by atoms with Crippen LogP contribution < -0.4 is 5.73 Å². The minimum Gasteiger partial charge on any atom is -0.342 e. The van der Waals surface area contributed by atoms with Crippen LogP contribution in [-0.2, 0) is 4.79 Å². The molecule has 0 aliphatic carbocycles. The molecule has 2 unspecified atom stereocenters. The Morgan fingerprint density at radius 1 is 1.21 bits per heavy atom. The van der Waals surface area contributed by atoms with Crippen molar-refractivity contribution >= 4 is 5.91 Å². The molecule has 0 bridgehead atoms. The van der Waals surface area contributed by atoms with Crippen LogP contribution in [0.25, 0.3) is 0 Å². The molecule has 19 heavy (non-hydrogen) atoms. The molecule has 2 rings (SSSR count). The molecule has 1 fully saturated rings. The number of likely N-dealkylation sites (tertiary alicyclic amines) is 1. The van der Waals surface area contributed by atoms with Gasteiger partial charge in [-0.2, -0.15) is 0 Å². The fourth-order valence-corrected chi connectivity index (χ4v) is 2.80. The lowest BCUT2D eigenvalue weighted by Gasteiger charge is -2.35. The Balaban J connectivity index is 1.94. The van der Waals surface area contributed by atoms with Crippen molar-refractivity contribution in [2.45, 2.75) is 38.6 Å². The maximum absolute atomic E-state index is 12.5. The van der Waals surface area contributed by atoms with E-state index < -0.39 is 0 Å². The highest BCUT2D eigenvalue weighted by atomic mass is 16.2. The van der Waals surface area contributed by atoms with Crippen molar-refractivity contribution in [3.63, 3.8) is 0 Å². The van der Waals surface area contributed by atoms with Crippen molar-refractivity contribution in [3.8, 4) is 0 Å². The van der Waals surface area contributed by atoms with Crippen molar-refractivity contribution in [1.29, 1.82) is 0 Å². The van der Waals surface area contributed by atoms with Crippen molar-refractivity contribution in [2.75, 3.05) is 13.1 Å². The Morgan fingerprint density at radius 2 is 1.79 bits per heavy atom. The lowest BCUT2D eigenvalue weighted by Crippen LogP contribution is -2.43. The molecular weight excluding hydrogens is 236 g/mol. The van der Waals surface area contributed by atoms with E-state index in [1.807, 2.05) is 42.2 Å². The van der Waals surface area contributed by atoms with Gasteiger partial charge in [0.2, 0.25) is 5.91 Å². The lowest BCUT2D eigenvalue weighted by atomic mass is 9.90. The van der Waals surface area contributed by atoms with Crippen molar-refractivity contribution in [3.05, 3.63) is 35.9 Å². The summed E-state index contributed by atoms with van der Waals surface area (Å²) >= 11 is 0. The van der Waals surface area contributed by atoms with Crippen LogP contribution in [0.5, 0.6) is 0 Å². The van der Waals surface area contributed by atoms with E-state index in [0.717, 1.165) is 31.5 Å². The fourth-order valence-electron chi connectivity index (χ4n) is 2.80. The third kappa shape index (κ3) is 3.35. The van der Waals surface area contributed by atoms with Crippen LogP contribution in [0.15, 0.2) is 30.3 Å². The number of benzene rings is 1. The van der Waals surface area contributed by atoms with Gasteiger partial charge in [-0.1, -0.05) is 30.3 Å². The molecule has 1 amide bonds. The van der Waals surface area contributed by atoms with Gasteiger partial charge in [0.15, 0.2) is 0 Å². The summed E-state index contributed by atoms with van der Waals surface area (Å²) in [6, 6.07) is 10.2. The first-order valence-electron chi connectivity index (χ1n) is 7.19. The molecule has 1 aromatic carbocycles. The number of rotatable bonds is 3. The van der Waals surface area contributed by atoms with E-state index in [9.17, 15) is 4.79 Å². The molecule has 0 saturated carbocycles. The highest BCUT2D eigenvalue weighted by molar-refractivity contribution is 5.83. The van der Waals surface area contributed by atoms with Crippen LogP contribution in [-0.4, -0.2) is 29.9 Å². The van der Waals surface area contributed by atoms with E-state index in [1.165, 1.54) is 0 Å². The molecule has 2 atom stereocenters.